The van der Waals surface area contributed by atoms with E-state index in [1.807, 2.05) is 13.0 Å². The van der Waals surface area contributed by atoms with Gasteiger partial charge in [0.25, 0.3) is 0 Å². The van der Waals surface area contributed by atoms with Gasteiger partial charge in [0.05, 0.1) is 12.3 Å². The quantitative estimate of drug-likeness (QED) is 0.680. The molecule has 7 heteroatoms. The minimum Gasteiger partial charge on any atom is -0.341 e. The molecule has 6 nitrogen and oxygen atoms in total. The second kappa shape index (κ2) is 10.4. The third-order valence-electron chi connectivity index (χ3n) is 5.56. The zero-order valence-electron chi connectivity index (χ0n) is 17.6. The second-order valence-corrected chi connectivity index (χ2v) is 10.0. The molecule has 1 aliphatic rings. The van der Waals surface area contributed by atoms with Crippen LogP contribution in [0, 0.1) is 11.8 Å². The van der Waals surface area contributed by atoms with Crippen LogP contribution >= 0.6 is 0 Å². The molecular formula is C21H35N3O3S. The zero-order valence-corrected chi connectivity index (χ0v) is 18.4. The standard InChI is InChI=1S/C21H35N3O3S/c1-5-6-12-28(26,27)22-13-20(25)23(4)21-17(2)14-24(15-18(21)3)16-19-10-8-7-9-11-19/h7-11,17-18,21-22H,5-6,12-16H2,1-4H3/t17-,18+,21?. The molecule has 0 radical (unpaired) electrons. The first-order valence-corrected chi connectivity index (χ1v) is 11.9. The van der Waals surface area contributed by atoms with E-state index in [0.717, 1.165) is 26.1 Å². The number of hydrogen-bond acceptors (Lipinski definition) is 4. The summed E-state index contributed by atoms with van der Waals surface area (Å²) in [7, 11) is -1.58. The summed E-state index contributed by atoms with van der Waals surface area (Å²) < 4.78 is 26.4. The molecule has 0 spiro atoms. The summed E-state index contributed by atoms with van der Waals surface area (Å²) >= 11 is 0. The largest absolute Gasteiger partial charge is 0.341 e. The van der Waals surface area contributed by atoms with Crippen LogP contribution in [0.1, 0.15) is 39.2 Å². The predicted molar refractivity (Wildman–Crippen MR) is 113 cm³/mol. The van der Waals surface area contributed by atoms with E-state index in [4.69, 9.17) is 0 Å². The first-order valence-electron chi connectivity index (χ1n) is 10.2. The Kier molecular flexibility index (Phi) is 8.46. The van der Waals surface area contributed by atoms with E-state index >= 15 is 0 Å². The Morgan fingerprint density at radius 2 is 1.79 bits per heavy atom. The molecular weight excluding hydrogens is 374 g/mol. The molecule has 1 saturated heterocycles. The lowest BCUT2D eigenvalue weighted by atomic mass is 9.84. The van der Waals surface area contributed by atoms with E-state index in [-0.39, 0.29) is 24.2 Å². The van der Waals surface area contributed by atoms with Gasteiger partial charge in [0.15, 0.2) is 0 Å². The number of nitrogens with one attached hydrogen (secondary N) is 1. The minimum absolute atomic E-state index is 0.0746. The molecule has 1 aromatic rings. The smallest absolute Gasteiger partial charge is 0.237 e. The van der Waals surface area contributed by atoms with Gasteiger partial charge in [0.2, 0.25) is 15.9 Å². The molecule has 1 amide bonds. The van der Waals surface area contributed by atoms with E-state index in [1.54, 1.807) is 11.9 Å². The highest BCUT2D eigenvalue weighted by molar-refractivity contribution is 7.89. The van der Waals surface area contributed by atoms with Gasteiger partial charge in [0.1, 0.15) is 0 Å². The molecule has 1 fully saturated rings. The van der Waals surface area contributed by atoms with Gasteiger partial charge >= 0.3 is 0 Å². The number of benzene rings is 1. The average molecular weight is 410 g/mol. The van der Waals surface area contributed by atoms with Gasteiger partial charge in [-0.3, -0.25) is 9.69 Å². The molecule has 3 atom stereocenters. The van der Waals surface area contributed by atoms with Crippen LogP contribution in [0.15, 0.2) is 30.3 Å². The maximum atomic E-state index is 12.6. The lowest BCUT2D eigenvalue weighted by Gasteiger charge is -2.45. The molecule has 0 aliphatic carbocycles. The Morgan fingerprint density at radius 3 is 2.36 bits per heavy atom. The van der Waals surface area contributed by atoms with Crippen molar-refractivity contribution in [2.45, 2.75) is 46.2 Å². The number of likely N-dealkylation sites (tertiary alicyclic amines) is 1. The van der Waals surface area contributed by atoms with E-state index in [9.17, 15) is 13.2 Å². The molecule has 1 aliphatic heterocycles. The third-order valence-corrected chi connectivity index (χ3v) is 6.97. The van der Waals surface area contributed by atoms with Gasteiger partial charge < -0.3 is 4.90 Å². The molecule has 0 saturated carbocycles. The number of sulfonamides is 1. The Hall–Kier alpha value is -1.44. The number of piperidine rings is 1. The Labute approximate surface area is 170 Å². The van der Waals surface area contributed by atoms with E-state index in [0.29, 0.717) is 18.3 Å². The maximum Gasteiger partial charge on any atom is 0.237 e. The van der Waals surface area contributed by atoms with Crippen molar-refractivity contribution in [3.63, 3.8) is 0 Å². The van der Waals surface area contributed by atoms with Gasteiger partial charge in [-0.25, -0.2) is 13.1 Å². The SMILES string of the molecule is CCCCS(=O)(=O)NCC(=O)N(C)C1[C@H](C)CN(Cc2ccccc2)C[C@@H]1C. The maximum absolute atomic E-state index is 12.6. The van der Waals surface area contributed by atoms with Gasteiger partial charge in [-0.2, -0.15) is 0 Å². The Bertz CT molecular complexity index is 712. The summed E-state index contributed by atoms with van der Waals surface area (Å²) in [5, 5.41) is 0. The Morgan fingerprint density at radius 1 is 1.18 bits per heavy atom. The number of unbranched alkanes of at least 4 members (excludes halogenated alkanes) is 1. The van der Waals surface area contributed by atoms with Crippen LogP contribution in [0.5, 0.6) is 0 Å². The topological polar surface area (TPSA) is 69.7 Å². The molecule has 1 heterocycles. The number of rotatable bonds is 9. The summed E-state index contributed by atoms with van der Waals surface area (Å²) in [5.74, 6) is 0.544. The van der Waals surface area contributed by atoms with E-state index < -0.39 is 10.0 Å². The fourth-order valence-corrected chi connectivity index (χ4v) is 5.43. The first kappa shape index (κ1) is 22.8. The van der Waals surface area contributed by atoms with Crippen molar-refractivity contribution in [2.75, 3.05) is 32.4 Å². The summed E-state index contributed by atoms with van der Waals surface area (Å²) in [6.07, 6.45) is 1.42. The predicted octanol–water partition coefficient (Wildman–Crippen LogP) is 2.32. The summed E-state index contributed by atoms with van der Waals surface area (Å²) in [6.45, 7) is 8.89. The van der Waals surface area contributed by atoms with Gasteiger partial charge in [-0.15, -0.1) is 0 Å². The molecule has 28 heavy (non-hydrogen) atoms. The molecule has 158 valence electrons. The number of amides is 1. The van der Waals surface area contributed by atoms with E-state index in [2.05, 4.69) is 47.7 Å². The molecule has 0 aromatic heterocycles. The molecule has 1 aromatic carbocycles. The highest BCUT2D eigenvalue weighted by Gasteiger charge is 2.36. The first-order chi connectivity index (χ1) is 13.2. The highest BCUT2D eigenvalue weighted by atomic mass is 32.2. The number of carbonyl (C=O) groups excluding carboxylic acids is 1. The molecule has 0 bridgehead atoms. The van der Waals surface area contributed by atoms with Crippen molar-refractivity contribution < 1.29 is 13.2 Å². The second-order valence-electron chi connectivity index (χ2n) is 8.12. The number of carbonyl (C=O) groups is 1. The van der Waals surface area contributed by atoms with Crippen molar-refractivity contribution in [1.82, 2.24) is 14.5 Å². The number of hydrogen-bond donors (Lipinski definition) is 1. The zero-order chi connectivity index (χ0) is 20.7. The summed E-state index contributed by atoms with van der Waals surface area (Å²) in [5.41, 5.74) is 1.30. The van der Waals surface area contributed by atoms with Crippen LogP contribution in [-0.2, 0) is 21.4 Å². The van der Waals surface area contributed by atoms with Crippen molar-refractivity contribution in [3.8, 4) is 0 Å². The summed E-state index contributed by atoms with van der Waals surface area (Å²) in [6, 6.07) is 10.5. The lowest BCUT2D eigenvalue weighted by molar-refractivity contribution is -0.134. The van der Waals surface area contributed by atoms with Crippen LogP contribution in [0.4, 0.5) is 0 Å². The van der Waals surface area contributed by atoms with Crippen molar-refractivity contribution in [3.05, 3.63) is 35.9 Å². The fraction of sp³-hybridized carbons (Fsp3) is 0.667. The van der Waals surface area contributed by atoms with Crippen LogP contribution in [0.3, 0.4) is 0 Å². The van der Waals surface area contributed by atoms with Crippen LogP contribution in [0.2, 0.25) is 0 Å². The average Bonchev–Trinajstić information content (AvgIpc) is 2.64. The number of likely N-dealkylation sites (N-methyl/N-ethyl adjacent to an activating group) is 1. The van der Waals surface area contributed by atoms with Crippen molar-refractivity contribution in [2.24, 2.45) is 11.8 Å². The van der Waals surface area contributed by atoms with E-state index in [1.165, 1.54) is 5.56 Å². The monoisotopic (exact) mass is 409 g/mol. The van der Waals surface area contributed by atoms with Crippen LogP contribution < -0.4 is 4.72 Å². The normalized spacial score (nSPS) is 23.5. The Balaban J connectivity index is 1.91. The van der Waals surface area contributed by atoms with Gasteiger partial charge in [-0.05, 0) is 23.8 Å². The highest BCUT2D eigenvalue weighted by Crippen LogP contribution is 2.27. The van der Waals surface area contributed by atoms with Crippen LogP contribution in [-0.4, -0.2) is 62.6 Å². The molecule has 1 N–H and O–H groups in total. The lowest BCUT2D eigenvalue weighted by Crippen LogP contribution is -2.56. The van der Waals surface area contributed by atoms with Crippen molar-refractivity contribution >= 4 is 15.9 Å². The summed E-state index contributed by atoms with van der Waals surface area (Å²) in [4.78, 5) is 16.8. The number of nitrogens with zero attached hydrogens (tertiary/aromatic N) is 2. The van der Waals surface area contributed by atoms with Gasteiger partial charge in [0, 0.05) is 32.7 Å². The molecule has 2 rings (SSSR count). The molecule has 1 unspecified atom stereocenters. The fourth-order valence-electron chi connectivity index (χ4n) is 4.27. The minimum atomic E-state index is -3.38. The van der Waals surface area contributed by atoms with Gasteiger partial charge in [-0.1, -0.05) is 57.5 Å². The van der Waals surface area contributed by atoms with Crippen LogP contribution in [0.25, 0.3) is 0 Å². The third kappa shape index (κ3) is 6.57. The van der Waals surface area contributed by atoms with Crippen molar-refractivity contribution in [1.29, 1.82) is 0 Å².